The van der Waals surface area contributed by atoms with Crippen molar-refractivity contribution in [2.75, 3.05) is 6.54 Å². The van der Waals surface area contributed by atoms with Crippen LogP contribution in [0.25, 0.3) is 10.8 Å². The molecular formula is C16H20N4O2S. The molecule has 0 atom stereocenters. The third kappa shape index (κ3) is 3.29. The molecule has 0 unspecified atom stereocenters. The van der Waals surface area contributed by atoms with E-state index in [1.807, 2.05) is 11.8 Å². The Morgan fingerprint density at radius 1 is 1.30 bits per heavy atom. The fourth-order valence-electron chi connectivity index (χ4n) is 2.92. The number of thiazole rings is 1. The summed E-state index contributed by atoms with van der Waals surface area (Å²) in [6, 6.07) is 0. The summed E-state index contributed by atoms with van der Waals surface area (Å²) in [7, 11) is 0. The minimum Gasteiger partial charge on any atom is -0.335 e. The monoisotopic (exact) mass is 332 g/mol. The van der Waals surface area contributed by atoms with Crippen LogP contribution < -0.4 is 0 Å². The van der Waals surface area contributed by atoms with E-state index in [9.17, 15) is 4.79 Å². The van der Waals surface area contributed by atoms with Gasteiger partial charge in [0.15, 0.2) is 5.82 Å². The van der Waals surface area contributed by atoms with Crippen LogP contribution >= 0.6 is 11.3 Å². The van der Waals surface area contributed by atoms with E-state index < -0.39 is 0 Å². The quantitative estimate of drug-likeness (QED) is 0.842. The van der Waals surface area contributed by atoms with Crippen molar-refractivity contribution in [2.45, 2.75) is 52.0 Å². The van der Waals surface area contributed by atoms with E-state index in [-0.39, 0.29) is 5.91 Å². The molecule has 0 bridgehead atoms. The first kappa shape index (κ1) is 14.8. The van der Waals surface area contributed by atoms with Crippen molar-refractivity contribution in [2.24, 2.45) is 5.92 Å². The van der Waals surface area contributed by atoms with Gasteiger partial charge in [-0.3, -0.25) is 4.79 Å². The topological polar surface area (TPSA) is 72.1 Å². The summed E-state index contributed by atoms with van der Waals surface area (Å²) in [5.41, 5.74) is 0.954. The molecule has 23 heavy (non-hydrogen) atoms. The number of hydrogen-bond acceptors (Lipinski definition) is 6. The Morgan fingerprint density at radius 3 is 2.96 bits per heavy atom. The molecule has 0 aromatic carbocycles. The molecule has 7 heteroatoms. The van der Waals surface area contributed by atoms with Crippen LogP contribution in [-0.2, 0) is 17.8 Å². The van der Waals surface area contributed by atoms with Gasteiger partial charge in [-0.25, -0.2) is 4.98 Å². The average molecular weight is 332 g/mol. The smallest absolute Gasteiger partial charge is 0.269 e. The Hall–Kier alpha value is -1.76. The van der Waals surface area contributed by atoms with Gasteiger partial charge in [-0.05, 0) is 38.5 Å². The number of aryl methyl sites for hydroxylation is 1. The maximum Gasteiger partial charge on any atom is 0.269 e. The van der Waals surface area contributed by atoms with E-state index in [1.54, 1.807) is 11.3 Å². The first-order valence-corrected chi connectivity index (χ1v) is 9.08. The van der Waals surface area contributed by atoms with Crippen molar-refractivity contribution in [3.05, 3.63) is 16.5 Å². The molecule has 1 amide bonds. The molecule has 0 N–H and O–H groups in total. The standard InChI is InChI=1S/C16H20N4O2S/c1-10-15(23-13(17-10)8-11-5-6-11)16-18-12(19-22-16)9-20-7-3-2-4-14(20)21/h11H,2-9H2,1H3. The Bertz CT molecular complexity index is 719. The number of piperidine rings is 1. The van der Waals surface area contributed by atoms with Crippen LogP contribution in [0, 0.1) is 12.8 Å². The van der Waals surface area contributed by atoms with Crippen LogP contribution in [0.3, 0.4) is 0 Å². The van der Waals surface area contributed by atoms with E-state index in [0.717, 1.165) is 47.3 Å². The molecular weight excluding hydrogens is 312 g/mol. The highest BCUT2D eigenvalue weighted by atomic mass is 32.1. The van der Waals surface area contributed by atoms with Gasteiger partial charge in [0.25, 0.3) is 5.89 Å². The minimum absolute atomic E-state index is 0.184. The maximum absolute atomic E-state index is 11.9. The van der Waals surface area contributed by atoms with Crippen molar-refractivity contribution in [3.8, 4) is 10.8 Å². The molecule has 122 valence electrons. The number of likely N-dealkylation sites (tertiary alicyclic amines) is 1. The Labute approximate surface area is 138 Å². The fourth-order valence-corrected chi connectivity index (χ4v) is 4.02. The van der Waals surface area contributed by atoms with Crippen LogP contribution in [0.5, 0.6) is 0 Å². The number of nitrogens with zero attached hydrogens (tertiary/aromatic N) is 4. The molecule has 6 nitrogen and oxygen atoms in total. The van der Waals surface area contributed by atoms with Gasteiger partial charge in [0.2, 0.25) is 5.91 Å². The van der Waals surface area contributed by atoms with Crippen molar-refractivity contribution < 1.29 is 9.32 Å². The molecule has 1 saturated heterocycles. The van der Waals surface area contributed by atoms with Crippen LogP contribution in [0.4, 0.5) is 0 Å². The second kappa shape index (κ2) is 6.03. The van der Waals surface area contributed by atoms with Gasteiger partial charge in [0.1, 0.15) is 4.88 Å². The lowest BCUT2D eigenvalue weighted by molar-refractivity contribution is -0.134. The number of aromatic nitrogens is 3. The zero-order valence-electron chi connectivity index (χ0n) is 13.2. The van der Waals surface area contributed by atoms with E-state index in [0.29, 0.717) is 24.7 Å². The highest BCUT2D eigenvalue weighted by Gasteiger charge is 2.25. The second-order valence-corrected chi connectivity index (χ2v) is 7.54. The van der Waals surface area contributed by atoms with E-state index in [1.165, 1.54) is 12.8 Å². The highest BCUT2D eigenvalue weighted by Crippen LogP contribution is 2.36. The predicted octanol–water partition coefficient (Wildman–Crippen LogP) is 2.97. The second-order valence-electron chi connectivity index (χ2n) is 6.46. The van der Waals surface area contributed by atoms with Crippen LogP contribution in [0.1, 0.15) is 48.6 Å². The summed E-state index contributed by atoms with van der Waals surface area (Å²) >= 11 is 1.65. The lowest BCUT2D eigenvalue weighted by Gasteiger charge is -2.25. The first-order chi connectivity index (χ1) is 11.2. The third-order valence-corrected chi connectivity index (χ3v) is 5.58. The highest BCUT2D eigenvalue weighted by molar-refractivity contribution is 7.15. The molecule has 1 aliphatic carbocycles. The average Bonchev–Trinajstić information content (AvgIpc) is 3.09. The molecule has 2 aromatic rings. The molecule has 1 saturated carbocycles. The van der Waals surface area contributed by atoms with Crippen LogP contribution in [0.2, 0.25) is 0 Å². The SMILES string of the molecule is Cc1nc(CC2CC2)sc1-c1nc(CN2CCCCC2=O)no1. The number of carbonyl (C=O) groups is 1. The van der Waals surface area contributed by atoms with Gasteiger partial charge in [-0.1, -0.05) is 5.16 Å². The molecule has 3 heterocycles. The fraction of sp³-hybridized carbons (Fsp3) is 0.625. The van der Waals surface area contributed by atoms with Crippen molar-refractivity contribution in [1.82, 2.24) is 20.0 Å². The molecule has 0 spiro atoms. The Morgan fingerprint density at radius 2 is 2.17 bits per heavy atom. The van der Waals surface area contributed by atoms with E-state index in [4.69, 9.17) is 4.52 Å². The van der Waals surface area contributed by atoms with Gasteiger partial charge in [-0.2, -0.15) is 4.98 Å². The molecule has 1 aliphatic heterocycles. The van der Waals surface area contributed by atoms with Crippen LogP contribution in [0.15, 0.2) is 4.52 Å². The predicted molar refractivity (Wildman–Crippen MR) is 85.8 cm³/mol. The van der Waals surface area contributed by atoms with Gasteiger partial charge in [0, 0.05) is 19.4 Å². The number of carbonyl (C=O) groups excluding carboxylic acids is 1. The maximum atomic E-state index is 11.9. The molecule has 2 aromatic heterocycles. The number of amides is 1. The van der Waals surface area contributed by atoms with E-state index in [2.05, 4.69) is 15.1 Å². The van der Waals surface area contributed by atoms with Gasteiger partial charge < -0.3 is 9.42 Å². The van der Waals surface area contributed by atoms with Gasteiger partial charge >= 0.3 is 0 Å². The molecule has 2 fully saturated rings. The third-order valence-electron chi connectivity index (χ3n) is 4.42. The van der Waals surface area contributed by atoms with Gasteiger partial charge in [0.05, 0.1) is 17.2 Å². The lowest BCUT2D eigenvalue weighted by atomic mass is 10.1. The van der Waals surface area contributed by atoms with Crippen molar-refractivity contribution in [3.63, 3.8) is 0 Å². The summed E-state index contributed by atoms with van der Waals surface area (Å²) in [4.78, 5) is 23.8. The largest absolute Gasteiger partial charge is 0.335 e. The summed E-state index contributed by atoms with van der Waals surface area (Å²) in [5, 5.41) is 5.20. The number of hydrogen-bond donors (Lipinski definition) is 0. The zero-order valence-corrected chi connectivity index (χ0v) is 14.1. The molecule has 0 radical (unpaired) electrons. The van der Waals surface area contributed by atoms with Crippen molar-refractivity contribution in [1.29, 1.82) is 0 Å². The van der Waals surface area contributed by atoms with Gasteiger partial charge in [-0.15, -0.1) is 11.3 Å². The number of rotatable bonds is 5. The normalized spacial score (nSPS) is 18.7. The molecule has 2 aliphatic rings. The Balaban J connectivity index is 1.48. The van der Waals surface area contributed by atoms with Crippen LogP contribution in [-0.4, -0.2) is 32.5 Å². The summed E-state index contributed by atoms with van der Waals surface area (Å²) in [5.74, 6) is 2.10. The molecule has 4 rings (SSSR count). The van der Waals surface area contributed by atoms with Crippen molar-refractivity contribution >= 4 is 17.2 Å². The first-order valence-electron chi connectivity index (χ1n) is 8.26. The zero-order chi connectivity index (χ0) is 15.8. The summed E-state index contributed by atoms with van der Waals surface area (Å²) < 4.78 is 5.41. The summed E-state index contributed by atoms with van der Waals surface area (Å²) in [6.45, 7) is 3.21. The minimum atomic E-state index is 0.184. The summed E-state index contributed by atoms with van der Waals surface area (Å²) in [6.07, 6.45) is 6.37. The Kier molecular flexibility index (Phi) is 3.88. The lowest BCUT2D eigenvalue weighted by Crippen LogP contribution is -2.34. The van der Waals surface area contributed by atoms with E-state index >= 15 is 0 Å².